The van der Waals surface area contributed by atoms with Gasteiger partial charge in [0.2, 0.25) is 0 Å². The fraction of sp³-hybridized carbons (Fsp3) is 0.385. The molecule has 0 aliphatic carbocycles. The average molecular weight is 247 g/mol. The van der Waals surface area contributed by atoms with Gasteiger partial charge >= 0.3 is 5.97 Å². The maximum atomic E-state index is 11.1. The van der Waals surface area contributed by atoms with Crippen LogP contribution in [0.25, 0.3) is 11.0 Å². The van der Waals surface area contributed by atoms with Gasteiger partial charge in [-0.1, -0.05) is 13.0 Å². The van der Waals surface area contributed by atoms with Gasteiger partial charge in [-0.25, -0.2) is 4.98 Å². The maximum Gasteiger partial charge on any atom is 0.325 e. The summed E-state index contributed by atoms with van der Waals surface area (Å²) in [5.41, 5.74) is 2.60. The first-order valence-corrected chi connectivity index (χ1v) is 5.93. The number of fused-ring (bicyclic) bond motifs is 1. The summed E-state index contributed by atoms with van der Waals surface area (Å²) in [6.45, 7) is 2.05. The summed E-state index contributed by atoms with van der Waals surface area (Å²) in [5, 5.41) is 11.9. The lowest BCUT2D eigenvalue weighted by molar-refractivity contribution is -0.139. The monoisotopic (exact) mass is 247 g/mol. The molecule has 1 heterocycles. The molecule has 0 fully saturated rings. The molecule has 1 unspecified atom stereocenters. The molecule has 1 aromatic carbocycles. The number of carbonyl (C=O) groups is 1. The van der Waals surface area contributed by atoms with Crippen molar-refractivity contribution < 1.29 is 9.90 Å². The van der Waals surface area contributed by atoms with Crippen molar-refractivity contribution in [3.8, 4) is 0 Å². The van der Waals surface area contributed by atoms with Crippen molar-refractivity contribution in [2.24, 2.45) is 7.05 Å². The van der Waals surface area contributed by atoms with Gasteiger partial charge in [-0.2, -0.15) is 0 Å². The molecule has 0 aliphatic rings. The van der Waals surface area contributed by atoms with Crippen molar-refractivity contribution in [3.05, 3.63) is 29.6 Å². The number of aryl methyl sites for hydroxylation is 2. The molecular formula is C13H17N3O2. The molecule has 18 heavy (non-hydrogen) atoms. The second kappa shape index (κ2) is 4.78. The predicted molar refractivity (Wildman–Crippen MR) is 69.5 cm³/mol. The first kappa shape index (κ1) is 12.6. The van der Waals surface area contributed by atoms with Crippen LogP contribution in [0.4, 0.5) is 0 Å². The second-order valence-electron chi connectivity index (χ2n) is 4.25. The van der Waals surface area contributed by atoms with E-state index in [1.165, 1.54) is 0 Å². The molecular weight excluding hydrogens is 230 g/mol. The van der Waals surface area contributed by atoms with E-state index in [-0.39, 0.29) is 0 Å². The van der Waals surface area contributed by atoms with E-state index in [1.807, 2.05) is 29.8 Å². The molecule has 0 spiro atoms. The fourth-order valence-corrected chi connectivity index (χ4v) is 2.19. The van der Waals surface area contributed by atoms with Crippen molar-refractivity contribution in [2.75, 3.05) is 7.05 Å². The van der Waals surface area contributed by atoms with Gasteiger partial charge in [-0.3, -0.25) is 4.79 Å². The van der Waals surface area contributed by atoms with Gasteiger partial charge in [0.15, 0.2) is 0 Å². The summed E-state index contributed by atoms with van der Waals surface area (Å²) >= 11 is 0. The molecule has 2 rings (SSSR count). The highest BCUT2D eigenvalue weighted by Gasteiger charge is 2.18. The van der Waals surface area contributed by atoms with E-state index in [9.17, 15) is 4.79 Å². The third-order valence-electron chi connectivity index (χ3n) is 3.18. The van der Waals surface area contributed by atoms with Gasteiger partial charge < -0.3 is 15.0 Å². The van der Waals surface area contributed by atoms with Crippen LogP contribution in [-0.4, -0.2) is 27.7 Å². The lowest BCUT2D eigenvalue weighted by Crippen LogP contribution is -2.24. The first-order chi connectivity index (χ1) is 8.58. The topological polar surface area (TPSA) is 67.2 Å². The molecule has 1 atom stereocenters. The van der Waals surface area contributed by atoms with Gasteiger partial charge in [0.1, 0.15) is 11.9 Å². The molecule has 2 aromatic rings. The summed E-state index contributed by atoms with van der Waals surface area (Å²) in [4.78, 5) is 15.6. The van der Waals surface area contributed by atoms with E-state index in [0.29, 0.717) is 0 Å². The predicted octanol–water partition coefficient (Wildman–Crippen LogP) is 1.48. The molecule has 2 N–H and O–H groups in total. The van der Waals surface area contributed by atoms with Gasteiger partial charge in [-0.05, 0) is 24.7 Å². The molecule has 0 bridgehead atoms. The van der Waals surface area contributed by atoms with Crippen LogP contribution in [0, 0.1) is 0 Å². The van der Waals surface area contributed by atoms with Crippen LogP contribution >= 0.6 is 0 Å². The Balaban J connectivity index is 2.55. The number of nitrogens with zero attached hydrogens (tertiary/aromatic N) is 2. The Morgan fingerprint density at radius 1 is 1.56 bits per heavy atom. The van der Waals surface area contributed by atoms with Gasteiger partial charge in [0.05, 0.1) is 11.0 Å². The molecule has 0 radical (unpaired) electrons. The van der Waals surface area contributed by atoms with Crippen molar-refractivity contribution in [2.45, 2.75) is 19.4 Å². The molecule has 5 heteroatoms. The Bertz CT molecular complexity index is 589. The number of aliphatic carboxylic acids is 1. The lowest BCUT2D eigenvalue weighted by Gasteiger charge is -2.11. The second-order valence-corrected chi connectivity index (χ2v) is 4.25. The fourth-order valence-electron chi connectivity index (χ4n) is 2.19. The molecule has 0 amide bonds. The smallest absolute Gasteiger partial charge is 0.325 e. The Morgan fingerprint density at radius 3 is 2.83 bits per heavy atom. The number of carboxylic acids is 1. The van der Waals surface area contributed by atoms with E-state index in [0.717, 1.165) is 28.8 Å². The maximum absolute atomic E-state index is 11.1. The van der Waals surface area contributed by atoms with Crippen LogP contribution < -0.4 is 5.32 Å². The van der Waals surface area contributed by atoms with Crippen molar-refractivity contribution in [1.29, 1.82) is 0 Å². The molecule has 5 nitrogen and oxygen atoms in total. The highest BCUT2D eigenvalue weighted by atomic mass is 16.4. The van der Waals surface area contributed by atoms with Crippen LogP contribution in [0.1, 0.15) is 24.4 Å². The van der Waals surface area contributed by atoms with Crippen molar-refractivity contribution in [1.82, 2.24) is 14.9 Å². The number of hydrogen-bond acceptors (Lipinski definition) is 3. The van der Waals surface area contributed by atoms with E-state index in [2.05, 4.69) is 17.2 Å². The normalized spacial score (nSPS) is 12.8. The lowest BCUT2D eigenvalue weighted by atomic mass is 10.1. The highest BCUT2D eigenvalue weighted by molar-refractivity contribution is 5.81. The van der Waals surface area contributed by atoms with E-state index < -0.39 is 12.0 Å². The van der Waals surface area contributed by atoms with Crippen molar-refractivity contribution >= 4 is 17.0 Å². The van der Waals surface area contributed by atoms with Crippen LogP contribution in [0.15, 0.2) is 18.2 Å². The zero-order chi connectivity index (χ0) is 13.3. The Labute approximate surface area is 105 Å². The van der Waals surface area contributed by atoms with Crippen LogP contribution in [0.3, 0.4) is 0 Å². The van der Waals surface area contributed by atoms with Gasteiger partial charge in [-0.15, -0.1) is 0 Å². The third-order valence-corrected chi connectivity index (χ3v) is 3.18. The summed E-state index contributed by atoms with van der Waals surface area (Å²) in [5.74, 6) is 0.119. The molecule has 1 aromatic heterocycles. The number of aromatic nitrogens is 2. The minimum Gasteiger partial charge on any atom is -0.480 e. The first-order valence-electron chi connectivity index (χ1n) is 5.93. The number of imidazole rings is 1. The Hall–Kier alpha value is -1.88. The number of carboxylic acid groups (broad SMARTS) is 1. The van der Waals surface area contributed by atoms with Crippen molar-refractivity contribution in [3.63, 3.8) is 0 Å². The minimum absolute atomic E-state index is 0.686. The molecule has 0 aliphatic heterocycles. The summed E-state index contributed by atoms with van der Waals surface area (Å²) < 4.78 is 2.01. The zero-order valence-electron chi connectivity index (χ0n) is 10.8. The Kier molecular flexibility index (Phi) is 3.34. The van der Waals surface area contributed by atoms with Crippen LogP contribution in [-0.2, 0) is 18.3 Å². The largest absolute Gasteiger partial charge is 0.480 e. The van der Waals surface area contributed by atoms with Crippen LogP contribution in [0.2, 0.25) is 0 Å². The number of nitrogens with one attached hydrogen (secondary N) is 1. The van der Waals surface area contributed by atoms with E-state index in [4.69, 9.17) is 5.11 Å². The average Bonchev–Trinajstić information content (AvgIpc) is 2.67. The van der Waals surface area contributed by atoms with E-state index >= 15 is 0 Å². The SMILES string of the molecule is CCc1nc2ccc(C(NC)C(=O)O)cc2n1C. The molecule has 96 valence electrons. The standard InChI is InChI=1S/C13H17N3O2/c1-4-11-15-9-6-5-8(7-10(9)16(11)3)12(14-2)13(17)18/h5-7,12,14H,4H2,1-3H3,(H,17,18). The number of rotatable bonds is 4. The minimum atomic E-state index is -0.880. The zero-order valence-corrected chi connectivity index (χ0v) is 10.8. The highest BCUT2D eigenvalue weighted by Crippen LogP contribution is 2.21. The van der Waals surface area contributed by atoms with Gasteiger partial charge in [0, 0.05) is 13.5 Å². The third kappa shape index (κ3) is 1.97. The van der Waals surface area contributed by atoms with Gasteiger partial charge in [0.25, 0.3) is 0 Å². The Morgan fingerprint density at radius 2 is 2.28 bits per heavy atom. The summed E-state index contributed by atoms with van der Waals surface area (Å²) in [7, 11) is 3.59. The summed E-state index contributed by atoms with van der Waals surface area (Å²) in [6.07, 6.45) is 0.856. The molecule has 0 saturated heterocycles. The summed E-state index contributed by atoms with van der Waals surface area (Å²) in [6, 6.07) is 4.88. The molecule has 0 saturated carbocycles. The van der Waals surface area contributed by atoms with Crippen LogP contribution in [0.5, 0.6) is 0 Å². The quantitative estimate of drug-likeness (QED) is 0.858. The number of hydrogen-bond donors (Lipinski definition) is 2. The van der Waals surface area contributed by atoms with E-state index in [1.54, 1.807) is 7.05 Å². The number of benzene rings is 1. The number of likely N-dealkylation sites (N-methyl/N-ethyl adjacent to an activating group) is 1.